The number of carbonyl (C=O) groups is 1. The van der Waals surface area contributed by atoms with Gasteiger partial charge in [-0.1, -0.05) is 17.7 Å². The number of hydrogen-bond donors (Lipinski definition) is 0. The fourth-order valence-electron chi connectivity index (χ4n) is 3.27. The number of ether oxygens (including phenoxy) is 1. The highest BCUT2D eigenvalue weighted by atomic mass is 16.5. The van der Waals surface area contributed by atoms with Gasteiger partial charge >= 0.3 is 5.97 Å². The molecule has 6 heteroatoms. The van der Waals surface area contributed by atoms with Crippen molar-refractivity contribution >= 4 is 5.97 Å². The lowest BCUT2D eigenvalue weighted by molar-refractivity contribution is -0.150. The molecule has 0 aliphatic carbocycles. The first kappa shape index (κ1) is 17.6. The van der Waals surface area contributed by atoms with Gasteiger partial charge in [0.05, 0.1) is 18.6 Å². The van der Waals surface area contributed by atoms with Crippen LogP contribution in [0.25, 0.3) is 11.5 Å². The molecule has 0 bridgehead atoms. The molecule has 2 aromatic rings. The van der Waals surface area contributed by atoms with Gasteiger partial charge in [-0.2, -0.15) is 0 Å². The highest BCUT2D eigenvalue weighted by molar-refractivity contribution is 5.72. The molecule has 134 valence electrons. The summed E-state index contributed by atoms with van der Waals surface area (Å²) in [5, 5.41) is 8.42. The topological polar surface area (TPSA) is 68.5 Å². The van der Waals surface area contributed by atoms with Gasteiger partial charge in [-0.3, -0.25) is 9.69 Å². The second-order valence-electron chi connectivity index (χ2n) is 6.58. The van der Waals surface area contributed by atoms with Crippen LogP contribution in [0, 0.1) is 12.8 Å². The minimum absolute atomic E-state index is 0.0247. The van der Waals surface area contributed by atoms with Gasteiger partial charge < -0.3 is 9.15 Å². The number of esters is 1. The Balaban J connectivity index is 1.70. The molecule has 2 atom stereocenters. The Morgan fingerprint density at radius 2 is 2.28 bits per heavy atom. The van der Waals surface area contributed by atoms with Crippen molar-refractivity contribution in [3.63, 3.8) is 0 Å². The normalized spacial score (nSPS) is 19.6. The van der Waals surface area contributed by atoms with Gasteiger partial charge in [0, 0.05) is 12.1 Å². The van der Waals surface area contributed by atoms with Crippen molar-refractivity contribution in [2.75, 3.05) is 19.7 Å². The van der Waals surface area contributed by atoms with Gasteiger partial charge in [-0.25, -0.2) is 0 Å². The molecule has 1 fully saturated rings. The average molecular weight is 343 g/mol. The molecule has 1 aliphatic heterocycles. The molecule has 1 aromatic heterocycles. The van der Waals surface area contributed by atoms with Gasteiger partial charge in [0.25, 0.3) is 0 Å². The minimum Gasteiger partial charge on any atom is -0.466 e. The number of aryl methyl sites for hydroxylation is 1. The van der Waals surface area contributed by atoms with E-state index in [0.29, 0.717) is 24.9 Å². The van der Waals surface area contributed by atoms with Crippen molar-refractivity contribution in [3.8, 4) is 11.5 Å². The maximum atomic E-state index is 12.0. The molecule has 25 heavy (non-hydrogen) atoms. The van der Waals surface area contributed by atoms with E-state index in [0.717, 1.165) is 30.5 Å². The van der Waals surface area contributed by atoms with Crippen molar-refractivity contribution < 1.29 is 13.9 Å². The third kappa shape index (κ3) is 4.07. The van der Waals surface area contributed by atoms with Gasteiger partial charge in [-0.05, 0) is 52.3 Å². The number of benzene rings is 1. The van der Waals surface area contributed by atoms with Gasteiger partial charge in [-0.15, -0.1) is 10.2 Å². The lowest BCUT2D eigenvalue weighted by Gasteiger charge is -2.34. The van der Waals surface area contributed by atoms with Crippen molar-refractivity contribution in [2.24, 2.45) is 5.92 Å². The van der Waals surface area contributed by atoms with Crippen molar-refractivity contribution in [3.05, 3.63) is 35.7 Å². The molecule has 1 saturated heterocycles. The number of nitrogens with zero attached hydrogens (tertiary/aromatic N) is 3. The van der Waals surface area contributed by atoms with Crippen LogP contribution < -0.4 is 0 Å². The molecule has 6 nitrogen and oxygen atoms in total. The van der Waals surface area contributed by atoms with E-state index in [-0.39, 0.29) is 17.9 Å². The molecule has 0 spiro atoms. The molecule has 0 amide bonds. The third-order valence-corrected chi connectivity index (χ3v) is 4.68. The Labute approximate surface area is 148 Å². The van der Waals surface area contributed by atoms with E-state index in [9.17, 15) is 4.79 Å². The lowest BCUT2D eigenvalue weighted by atomic mass is 9.97. The lowest BCUT2D eigenvalue weighted by Crippen LogP contribution is -2.40. The standard InChI is InChI=1S/C19H25N3O3/c1-4-24-19(23)16-9-6-10-22(12-16)14(3)17-20-21-18(25-17)15-8-5-7-13(2)11-15/h5,7-8,11,14,16H,4,6,9-10,12H2,1-3H3/t14-,16+/m0/s1. The fourth-order valence-corrected chi connectivity index (χ4v) is 3.27. The first-order valence-corrected chi connectivity index (χ1v) is 8.89. The van der Waals surface area contributed by atoms with Crippen LogP contribution in [0.1, 0.15) is 44.2 Å². The van der Waals surface area contributed by atoms with Crippen LogP contribution in [0.15, 0.2) is 28.7 Å². The summed E-state index contributed by atoms with van der Waals surface area (Å²) in [5.41, 5.74) is 2.08. The number of likely N-dealkylation sites (tertiary alicyclic amines) is 1. The molecular weight excluding hydrogens is 318 g/mol. The molecule has 1 aromatic carbocycles. The van der Waals surface area contributed by atoms with Crippen LogP contribution in [0.4, 0.5) is 0 Å². The number of aromatic nitrogens is 2. The van der Waals surface area contributed by atoms with Crippen molar-refractivity contribution in [1.82, 2.24) is 15.1 Å². The Bertz CT molecular complexity index is 728. The third-order valence-electron chi connectivity index (χ3n) is 4.68. The van der Waals surface area contributed by atoms with Crippen LogP contribution in [0.5, 0.6) is 0 Å². The SMILES string of the molecule is CCOC(=O)[C@@H]1CCCN([C@@H](C)c2nnc(-c3cccc(C)c3)o2)C1. The fraction of sp³-hybridized carbons (Fsp3) is 0.526. The van der Waals surface area contributed by atoms with Crippen molar-refractivity contribution in [2.45, 2.75) is 39.7 Å². The van der Waals surface area contributed by atoms with Crippen molar-refractivity contribution in [1.29, 1.82) is 0 Å². The number of carbonyl (C=O) groups excluding carboxylic acids is 1. The Kier molecular flexibility index (Phi) is 5.48. The van der Waals surface area contributed by atoms with Crippen LogP contribution in [-0.2, 0) is 9.53 Å². The van der Waals surface area contributed by atoms with Gasteiger partial charge in [0.15, 0.2) is 0 Å². The number of rotatable bonds is 5. The zero-order chi connectivity index (χ0) is 17.8. The summed E-state index contributed by atoms with van der Waals surface area (Å²) in [6.07, 6.45) is 1.84. The first-order valence-electron chi connectivity index (χ1n) is 8.89. The summed E-state index contributed by atoms with van der Waals surface area (Å²) in [6, 6.07) is 7.98. The summed E-state index contributed by atoms with van der Waals surface area (Å²) >= 11 is 0. The van der Waals surface area contributed by atoms with Crippen LogP contribution in [0.3, 0.4) is 0 Å². The predicted octanol–water partition coefficient (Wildman–Crippen LogP) is 3.38. The maximum absolute atomic E-state index is 12.0. The number of piperidine rings is 1. The molecule has 3 rings (SSSR count). The maximum Gasteiger partial charge on any atom is 0.310 e. The van der Waals surface area contributed by atoms with Gasteiger partial charge in [0.2, 0.25) is 11.8 Å². The smallest absolute Gasteiger partial charge is 0.310 e. The summed E-state index contributed by atoms with van der Waals surface area (Å²) in [7, 11) is 0. The van der Waals surface area contributed by atoms with E-state index in [2.05, 4.69) is 15.1 Å². The van der Waals surface area contributed by atoms with E-state index in [4.69, 9.17) is 9.15 Å². The predicted molar refractivity (Wildman–Crippen MR) is 93.8 cm³/mol. The second-order valence-corrected chi connectivity index (χ2v) is 6.58. The quantitative estimate of drug-likeness (QED) is 0.775. The zero-order valence-corrected chi connectivity index (χ0v) is 15.1. The molecule has 0 radical (unpaired) electrons. The highest BCUT2D eigenvalue weighted by Crippen LogP contribution is 2.28. The summed E-state index contributed by atoms with van der Waals surface area (Å²) in [6.45, 7) is 7.93. The van der Waals surface area contributed by atoms with Crippen LogP contribution >= 0.6 is 0 Å². The highest BCUT2D eigenvalue weighted by Gasteiger charge is 2.31. The monoisotopic (exact) mass is 343 g/mol. The summed E-state index contributed by atoms with van der Waals surface area (Å²) in [5.74, 6) is 0.936. The Morgan fingerprint density at radius 1 is 1.44 bits per heavy atom. The van der Waals surface area contributed by atoms with Gasteiger partial charge in [0.1, 0.15) is 0 Å². The van der Waals surface area contributed by atoms with E-state index >= 15 is 0 Å². The van der Waals surface area contributed by atoms with E-state index in [1.165, 1.54) is 0 Å². The summed E-state index contributed by atoms with van der Waals surface area (Å²) < 4.78 is 11.1. The molecule has 0 unspecified atom stereocenters. The molecule has 2 heterocycles. The molecular formula is C19H25N3O3. The van der Waals surface area contributed by atoms with Crippen LogP contribution in [0.2, 0.25) is 0 Å². The molecule has 1 aliphatic rings. The molecule has 0 saturated carbocycles. The first-order chi connectivity index (χ1) is 12.1. The summed E-state index contributed by atoms with van der Waals surface area (Å²) in [4.78, 5) is 14.2. The Hall–Kier alpha value is -2.21. The van der Waals surface area contributed by atoms with E-state index in [1.807, 2.05) is 45.0 Å². The Morgan fingerprint density at radius 3 is 3.04 bits per heavy atom. The van der Waals surface area contributed by atoms with Crippen LogP contribution in [-0.4, -0.2) is 40.8 Å². The minimum atomic E-state index is -0.106. The second kappa shape index (κ2) is 7.78. The van der Waals surface area contributed by atoms with E-state index in [1.54, 1.807) is 0 Å². The van der Waals surface area contributed by atoms with E-state index < -0.39 is 0 Å². The average Bonchev–Trinajstić information content (AvgIpc) is 3.11. The number of hydrogen-bond acceptors (Lipinski definition) is 6. The molecule has 0 N–H and O–H groups in total. The zero-order valence-electron chi connectivity index (χ0n) is 15.1. The largest absolute Gasteiger partial charge is 0.466 e.